The van der Waals surface area contributed by atoms with Crippen molar-refractivity contribution in [3.63, 3.8) is 0 Å². The molecule has 3 aromatic rings. The predicted octanol–water partition coefficient (Wildman–Crippen LogP) is 4.33. The van der Waals surface area contributed by atoms with E-state index in [1.807, 2.05) is 42.5 Å². The van der Waals surface area contributed by atoms with Crippen molar-refractivity contribution in [2.45, 2.75) is 6.54 Å². The third-order valence-electron chi connectivity index (χ3n) is 3.53. The highest BCUT2D eigenvalue weighted by atomic mass is 79.9. The Labute approximate surface area is 154 Å². The Morgan fingerprint density at radius 1 is 1.20 bits per heavy atom. The van der Waals surface area contributed by atoms with Gasteiger partial charge in [-0.05, 0) is 18.2 Å². The van der Waals surface area contributed by atoms with Gasteiger partial charge in [-0.15, -0.1) is 6.58 Å². The minimum atomic E-state index is -0.124. The first-order valence-electron chi connectivity index (χ1n) is 7.71. The van der Waals surface area contributed by atoms with Crippen LogP contribution in [0, 0.1) is 0 Å². The second-order valence-electron chi connectivity index (χ2n) is 5.36. The van der Waals surface area contributed by atoms with Crippen molar-refractivity contribution in [1.29, 1.82) is 0 Å². The monoisotopic (exact) mass is 397 g/mol. The molecule has 0 saturated carbocycles. The van der Waals surface area contributed by atoms with E-state index in [1.165, 1.54) is 0 Å². The smallest absolute Gasteiger partial charge is 0.254 e. The van der Waals surface area contributed by atoms with Crippen LogP contribution in [-0.4, -0.2) is 27.5 Å². The van der Waals surface area contributed by atoms with Gasteiger partial charge in [-0.2, -0.15) is 4.98 Å². The zero-order valence-corrected chi connectivity index (χ0v) is 15.0. The molecule has 1 aromatic heterocycles. The van der Waals surface area contributed by atoms with Gasteiger partial charge in [0.15, 0.2) is 0 Å². The molecule has 0 saturated heterocycles. The number of nitrogens with zero attached hydrogens (tertiary/aromatic N) is 3. The van der Waals surface area contributed by atoms with Crippen molar-refractivity contribution in [1.82, 2.24) is 15.0 Å². The van der Waals surface area contributed by atoms with Gasteiger partial charge >= 0.3 is 0 Å². The fraction of sp³-hybridized carbons (Fsp3) is 0.105. The molecule has 6 heteroatoms. The molecule has 0 spiro atoms. The lowest BCUT2D eigenvalue weighted by molar-refractivity contribution is 0.0745. The highest BCUT2D eigenvalue weighted by molar-refractivity contribution is 9.10. The van der Waals surface area contributed by atoms with E-state index >= 15 is 0 Å². The van der Waals surface area contributed by atoms with E-state index < -0.39 is 0 Å². The van der Waals surface area contributed by atoms with E-state index in [-0.39, 0.29) is 12.5 Å². The summed E-state index contributed by atoms with van der Waals surface area (Å²) >= 11 is 3.38. The standard InChI is InChI=1S/C19H16BrN3O2/c1-2-11-23(19(24)15-9-6-10-16(20)12-15)13-17-21-18(22-25-17)14-7-4-3-5-8-14/h2-10,12H,1,11,13H2. The molecule has 0 atom stereocenters. The van der Waals surface area contributed by atoms with Crippen LogP contribution in [-0.2, 0) is 6.54 Å². The van der Waals surface area contributed by atoms with Crippen LogP contribution in [0.15, 0.2) is 76.2 Å². The number of hydrogen-bond acceptors (Lipinski definition) is 4. The van der Waals surface area contributed by atoms with E-state index in [0.29, 0.717) is 23.8 Å². The molecule has 3 rings (SSSR count). The first-order valence-corrected chi connectivity index (χ1v) is 8.50. The van der Waals surface area contributed by atoms with E-state index in [2.05, 4.69) is 32.6 Å². The Morgan fingerprint density at radius 2 is 2.00 bits per heavy atom. The Morgan fingerprint density at radius 3 is 2.72 bits per heavy atom. The van der Waals surface area contributed by atoms with Crippen LogP contribution in [0.25, 0.3) is 11.4 Å². The van der Waals surface area contributed by atoms with Crippen LogP contribution in [0.5, 0.6) is 0 Å². The molecule has 1 heterocycles. The average molecular weight is 398 g/mol. The molecule has 0 N–H and O–H groups in total. The molecule has 0 radical (unpaired) electrons. The van der Waals surface area contributed by atoms with Crippen molar-refractivity contribution in [3.8, 4) is 11.4 Å². The second-order valence-corrected chi connectivity index (χ2v) is 6.28. The number of rotatable bonds is 6. The predicted molar refractivity (Wildman–Crippen MR) is 98.8 cm³/mol. The molecular formula is C19H16BrN3O2. The Bertz CT molecular complexity index is 877. The highest BCUT2D eigenvalue weighted by Gasteiger charge is 2.18. The van der Waals surface area contributed by atoms with Crippen LogP contribution in [0.2, 0.25) is 0 Å². The zero-order chi connectivity index (χ0) is 17.6. The lowest BCUT2D eigenvalue weighted by atomic mass is 10.2. The lowest BCUT2D eigenvalue weighted by Crippen LogP contribution is -2.30. The van der Waals surface area contributed by atoms with Crippen molar-refractivity contribution in [2.75, 3.05) is 6.54 Å². The van der Waals surface area contributed by atoms with Gasteiger partial charge in [0.05, 0.1) is 0 Å². The van der Waals surface area contributed by atoms with Crippen molar-refractivity contribution >= 4 is 21.8 Å². The molecule has 0 aliphatic carbocycles. The zero-order valence-electron chi connectivity index (χ0n) is 13.4. The van der Waals surface area contributed by atoms with Crippen molar-refractivity contribution < 1.29 is 9.32 Å². The fourth-order valence-corrected chi connectivity index (χ4v) is 2.77. The molecular weight excluding hydrogens is 382 g/mol. The summed E-state index contributed by atoms with van der Waals surface area (Å²) in [4.78, 5) is 18.7. The maximum atomic E-state index is 12.7. The number of benzene rings is 2. The second kappa shape index (κ2) is 7.90. The first-order chi connectivity index (χ1) is 12.2. The molecule has 25 heavy (non-hydrogen) atoms. The molecule has 0 unspecified atom stereocenters. The van der Waals surface area contributed by atoms with E-state index in [0.717, 1.165) is 10.0 Å². The van der Waals surface area contributed by atoms with Crippen molar-refractivity contribution in [3.05, 3.63) is 83.2 Å². The molecule has 0 fully saturated rings. The van der Waals surface area contributed by atoms with Gasteiger partial charge in [0.1, 0.15) is 6.54 Å². The minimum absolute atomic E-state index is 0.124. The lowest BCUT2D eigenvalue weighted by Gasteiger charge is -2.19. The number of aromatic nitrogens is 2. The molecule has 2 aromatic carbocycles. The maximum Gasteiger partial charge on any atom is 0.254 e. The summed E-state index contributed by atoms with van der Waals surface area (Å²) in [7, 11) is 0. The number of carbonyl (C=O) groups is 1. The largest absolute Gasteiger partial charge is 0.337 e. The van der Waals surface area contributed by atoms with Gasteiger partial charge in [0.25, 0.3) is 5.91 Å². The Hall–Kier alpha value is -2.73. The minimum Gasteiger partial charge on any atom is -0.337 e. The van der Waals surface area contributed by atoms with Crippen LogP contribution in [0.3, 0.4) is 0 Å². The van der Waals surface area contributed by atoms with E-state index in [4.69, 9.17) is 4.52 Å². The van der Waals surface area contributed by atoms with Crippen LogP contribution in [0.1, 0.15) is 16.2 Å². The van der Waals surface area contributed by atoms with Crippen LogP contribution >= 0.6 is 15.9 Å². The Balaban J connectivity index is 1.79. The first kappa shape index (κ1) is 17.1. The molecule has 0 aliphatic rings. The average Bonchev–Trinajstić information content (AvgIpc) is 3.10. The number of carbonyl (C=O) groups excluding carboxylic acids is 1. The van der Waals surface area contributed by atoms with Crippen LogP contribution in [0.4, 0.5) is 0 Å². The summed E-state index contributed by atoms with van der Waals surface area (Å²) in [6.07, 6.45) is 1.67. The molecule has 0 aliphatic heterocycles. The topological polar surface area (TPSA) is 59.2 Å². The molecule has 0 bridgehead atoms. The van der Waals surface area contributed by atoms with Crippen LogP contribution < -0.4 is 0 Å². The van der Waals surface area contributed by atoms with Gasteiger partial charge in [-0.1, -0.05) is 63.6 Å². The third-order valence-corrected chi connectivity index (χ3v) is 4.03. The van der Waals surface area contributed by atoms with Crippen molar-refractivity contribution in [2.24, 2.45) is 0 Å². The summed E-state index contributed by atoms with van der Waals surface area (Å²) in [5.74, 6) is 0.758. The van der Waals surface area contributed by atoms with Gasteiger partial charge in [0, 0.05) is 22.1 Å². The SMILES string of the molecule is C=CCN(Cc1nc(-c2ccccc2)no1)C(=O)c1cccc(Br)c1. The van der Waals surface area contributed by atoms with Gasteiger partial charge < -0.3 is 9.42 Å². The normalized spacial score (nSPS) is 10.4. The van der Waals surface area contributed by atoms with Gasteiger partial charge in [-0.25, -0.2) is 0 Å². The summed E-state index contributed by atoms with van der Waals surface area (Å²) < 4.78 is 6.16. The number of halogens is 1. The maximum absolute atomic E-state index is 12.7. The van der Waals surface area contributed by atoms with E-state index in [9.17, 15) is 4.79 Å². The quantitative estimate of drug-likeness (QED) is 0.580. The van der Waals surface area contributed by atoms with E-state index in [1.54, 1.807) is 23.1 Å². The summed E-state index contributed by atoms with van der Waals surface area (Å²) in [5, 5.41) is 3.99. The molecule has 1 amide bonds. The Kier molecular flexibility index (Phi) is 5.40. The number of hydrogen-bond donors (Lipinski definition) is 0. The summed E-state index contributed by atoms with van der Waals surface area (Å²) in [6, 6.07) is 16.8. The summed E-state index contributed by atoms with van der Waals surface area (Å²) in [6.45, 7) is 4.32. The summed E-state index contributed by atoms with van der Waals surface area (Å²) in [5.41, 5.74) is 1.45. The third kappa shape index (κ3) is 4.22. The fourth-order valence-electron chi connectivity index (χ4n) is 2.37. The number of amides is 1. The molecule has 126 valence electrons. The van der Waals surface area contributed by atoms with Gasteiger partial charge in [-0.3, -0.25) is 4.79 Å². The highest BCUT2D eigenvalue weighted by Crippen LogP contribution is 2.17. The molecule has 5 nitrogen and oxygen atoms in total. The van der Waals surface area contributed by atoms with Gasteiger partial charge in [0.2, 0.25) is 11.7 Å².